The predicted molar refractivity (Wildman–Crippen MR) is 54.9 cm³/mol. The molecule has 0 saturated carbocycles. The Morgan fingerprint density at radius 2 is 1.83 bits per heavy atom. The van der Waals surface area contributed by atoms with Crippen LogP contribution in [0.4, 0.5) is 22.0 Å². The minimum Gasteiger partial charge on any atom is -0.394 e. The highest BCUT2D eigenvalue weighted by Crippen LogP contribution is 2.25. The van der Waals surface area contributed by atoms with Crippen LogP contribution in [0.5, 0.6) is 0 Å². The molecule has 0 heterocycles. The average molecular weight is 269 g/mol. The van der Waals surface area contributed by atoms with Gasteiger partial charge in [0.2, 0.25) is 0 Å². The van der Waals surface area contributed by atoms with Gasteiger partial charge in [-0.2, -0.15) is 13.2 Å². The van der Waals surface area contributed by atoms with Gasteiger partial charge in [0.15, 0.2) is 0 Å². The van der Waals surface area contributed by atoms with Crippen molar-refractivity contribution in [3.8, 4) is 0 Å². The first-order chi connectivity index (χ1) is 8.18. The minimum absolute atomic E-state index is 0.226. The zero-order valence-corrected chi connectivity index (χ0v) is 9.48. The molecular formula is C11H12F5NO. The Balaban J connectivity index is 2.99. The van der Waals surface area contributed by atoms with Crippen molar-refractivity contribution in [3.05, 3.63) is 35.4 Å². The van der Waals surface area contributed by atoms with Gasteiger partial charge >= 0.3 is 6.18 Å². The van der Waals surface area contributed by atoms with Crippen molar-refractivity contribution in [1.82, 2.24) is 5.32 Å². The highest BCUT2D eigenvalue weighted by Gasteiger charge is 2.35. The van der Waals surface area contributed by atoms with Crippen LogP contribution in [0.3, 0.4) is 0 Å². The van der Waals surface area contributed by atoms with E-state index in [1.54, 1.807) is 0 Å². The van der Waals surface area contributed by atoms with E-state index in [2.05, 4.69) is 0 Å². The molecule has 0 bridgehead atoms. The molecule has 0 saturated heterocycles. The first-order valence-corrected chi connectivity index (χ1v) is 5.06. The molecule has 2 N–H and O–H groups in total. The summed E-state index contributed by atoms with van der Waals surface area (Å²) < 4.78 is 62.5. The summed E-state index contributed by atoms with van der Waals surface area (Å²) in [6, 6.07) is 2.48. The standard InChI is InChI=1S/C11H12F5NO/c1-10(6-18,17-5-11(14,15)16)8-3-2-7(12)4-9(8)13/h2-4,17-18H,5-6H2,1H3. The monoisotopic (exact) mass is 269 g/mol. The Morgan fingerprint density at radius 3 is 2.28 bits per heavy atom. The van der Waals surface area contributed by atoms with Gasteiger partial charge in [-0.15, -0.1) is 0 Å². The maximum atomic E-state index is 13.5. The molecule has 1 aromatic carbocycles. The Labute approximate surface area is 100 Å². The van der Waals surface area contributed by atoms with E-state index in [-0.39, 0.29) is 5.56 Å². The van der Waals surface area contributed by atoms with Crippen LogP contribution in [-0.2, 0) is 5.54 Å². The number of benzene rings is 1. The van der Waals surface area contributed by atoms with Crippen molar-refractivity contribution in [2.24, 2.45) is 0 Å². The summed E-state index contributed by atoms with van der Waals surface area (Å²) in [6.07, 6.45) is -4.49. The van der Waals surface area contributed by atoms with Crippen LogP contribution in [0.25, 0.3) is 0 Å². The fraction of sp³-hybridized carbons (Fsp3) is 0.455. The summed E-state index contributed by atoms with van der Waals surface area (Å²) in [7, 11) is 0. The zero-order chi connectivity index (χ0) is 14.0. The molecule has 0 aromatic heterocycles. The van der Waals surface area contributed by atoms with Crippen LogP contribution in [0.15, 0.2) is 18.2 Å². The minimum atomic E-state index is -4.49. The predicted octanol–water partition coefficient (Wildman–Crippen LogP) is 2.32. The topological polar surface area (TPSA) is 32.3 Å². The van der Waals surface area contributed by atoms with E-state index < -0.39 is 36.5 Å². The van der Waals surface area contributed by atoms with E-state index in [1.807, 2.05) is 5.32 Å². The number of hydrogen-bond acceptors (Lipinski definition) is 2. The number of halogens is 5. The summed E-state index contributed by atoms with van der Waals surface area (Å²) in [6.45, 7) is -0.943. The lowest BCUT2D eigenvalue weighted by Crippen LogP contribution is -2.47. The van der Waals surface area contributed by atoms with Crippen molar-refractivity contribution in [2.75, 3.05) is 13.2 Å². The number of aliphatic hydroxyl groups is 1. The molecule has 102 valence electrons. The summed E-state index contributed by atoms with van der Waals surface area (Å²) in [5, 5.41) is 11.2. The number of hydrogen-bond donors (Lipinski definition) is 2. The molecule has 0 amide bonds. The number of rotatable bonds is 4. The third-order valence-electron chi connectivity index (χ3n) is 2.52. The van der Waals surface area contributed by atoms with E-state index in [9.17, 15) is 22.0 Å². The molecule has 0 aliphatic carbocycles. The third kappa shape index (κ3) is 3.64. The highest BCUT2D eigenvalue weighted by atomic mass is 19.4. The first-order valence-electron chi connectivity index (χ1n) is 5.06. The summed E-state index contributed by atoms with van der Waals surface area (Å²) in [5.74, 6) is -1.85. The van der Waals surface area contributed by atoms with E-state index in [4.69, 9.17) is 5.11 Å². The maximum Gasteiger partial charge on any atom is 0.401 e. The van der Waals surface area contributed by atoms with Gasteiger partial charge in [0.05, 0.1) is 18.7 Å². The number of nitrogens with one attached hydrogen (secondary N) is 1. The molecule has 1 rings (SSSR count). The van der Waals surface area contributed by atoms with Gasteiger partial charge in [0.1, 0.15) is 11.6 Å². The van der Waals surface area contributed by atoms with Gasteiger partial charge in [-0.25, -0.2) is 8.78 Å². The number of aliphatic hydroxyl groups excluding tert-OH is 1. The van der Waals surface area contributed by atoms with Crippen LogP contribution < -0.4 is 5.32 Å². The lowest BCUT2D eigenvalue weighted by Gasteiger charge is -2.30. The van der Waals surface area contributed by atoms with Gasteiger partial charge in [-0.05, 0) is 13.0 Å². The first kappa shape index (κ1) is 14.8. The van der Waals surface area contributed by atoms with E-state index in [1.165, 1.54) is 6.92 Å². The summed E-state index contributed by atoms with van der Waals surface area (Å²) >= 11 is 0. The second kappa shape index (κ2) is 5.19. The molecule has 18 heavy (non-hydrogen) atoms. The highest BCUT2D eigenvalue weighted by molar-refractivity contribution is 5.26. The molecule has 0 aliphatic heterocycles. The Bertz CT molecular complexity index is 420. The summed E-state index contributed by atoms with van der Waals surface area (Å²) in [5.41, 5.74) is -1.86. The molecule has 0 spiro atoms. The largest absolute Gasteiger partial charge is 0.401 e. The van der Waals surface area contributed by atoms with Crippen molar-refractivity contribution in [2.45, 2.75) is 18.6 Å². The van der Waals surface area contributed by atoms with E-state index in [0.717, 1.165) is 12.1 Å². The molecule has 0 radical (unpaired) electrons. The molecule has 2 nitrogen and oxygen atoms in total. The molecule has 0 fully saturated rings. The van der Waals surface area contributed by atoms with Crippen LogP contribution in [-0.4, -0.2) is 24.4 Å². The normalized spacial score (nSPS) is 15.5. The number of alkyl halides is 3. The van der Waals surface area contributed by atoms with Crippen LogP contribution in [0, 0.1) is 11.6 Å². The van der Waals surface area contributed by atoms with Crippen molar-refractivity contribution < 1.29 is 27.1 Å². The van der Waals surface area contributed by atoms with Crippen molar-refractivity contribution in [1.29, 1.82) is 0 Å². The molecule has 7 heteroatoms. The zero-order valence-electron chi connectivity index (χ0n) is 9.48. The van der Waals surface area contributed by atoms with Gasteiger partial charge in [-0.3, -0.25) is 5.32 Å². The van der Waals surface area contributed by atoms with E-state index >= 15 is 0 Å². The smallest absolute Gasteiger partial charge is 0.394 e. The average Bonchev–Trinajstić information content (AvgIpc) is 2.25. The maximum absolute atomic E-state index is 13.5. The molecule has 0 aliphatic rings. The summed E-state index contributed by atoms with van der Waals surface area (Å²) in [4.78, 5) is 0. The second-order valence-electron chi connectivity index (χ2n) is 4.08. The fourth-order valence-corrected chi connectivity index (χ4v) is 1.47. The Kier molecular flexibility index (Phi) is 4.28. The van der Waals surface area contributed by atoms with Gasteiger partial charge in [-0.1, -0.05) is 6.07 Å². The van der Waals surface area contributed by atoms with Gasteiger partial charge in [0.25, 0.3) is 0 Å². The lowest BCUT2D eigenvalue weighted by molar-refractivity contribution is -0.129. The fourth-order valence-electron chi connectivity index (χ4n) is 1.47. The molecular weight excluding hydrogens is 257 g/mol. The van der Waals surface area contributed by atoms with Crippen LogP contribution in [0.2, 0.25) is 0 Å². The molecule has 1 atom stereocenters. The van der Waals surface area contributed by atoms with Crippen LogP contribution in [0.1, 0.15) is 12.5 Å². The molecule has 1 unspecified atom stereocenters. The quantitative estimate of drug-likeness (QED) is 0.822. The van der Waals surface area contributed by atoms with Crippen molar-refractivity contribution in [3.63, 3.8) is 0 Å². The van der Waals surface area contributed by atoms with Crippen molar-refractivity contribution >= 4 is 0 Å². The van der Waals surface area contributed by atoms with Gasteiger partial charge in [0, 0.05) is 11.6 Å². The van der Waals surface area contributed by atoms with Crippen LogP contribution >= 0.6 is 0 Å². The molecule has 1 aromatic rings. The Hall–Kier alpha value is -1.21. The van der Waals surface area contributed by atoms with Gasteiger partial charge < -0.3 is 5.11 Å². The SMILES string of the molecule is CC(CO)(NCC(F)(F)F)c1ccc(F)cc1F. The lowest BCUT2D eigenvalue weighted by atomic mass is 9.92. The second-order valence-corrected chi connectivity index (χ2v) is 4.08. The Morgan fingerprint density at radius 1 is 1.22 bits per heavy atom. The third-order valence-corrected chi connectivity index (χ3v) is 2.52. The van der Waals surface area contributed by atoms with E-state index in [0.29, 0.717) is 6.07 Å².